The van der Waals surface area contributed by atoms with Crippen molar-refractivity contribution in [3.05, 3.63) is 71.0 Å². The van der Waals surface area contributed by atoms with Gasteiger partial charge in [-0.2, -0.15) is 0 Å². The maximum Gasteiger partial charge on any atom is 0.224 e. The molecule has 1 unspecified atom stereocenters. The molecule has 0 saturated carbocycles. The predicted molar refractivity (Wildman–Crippen MR) is 81.0 cm³/mol. The van der Waals surface area contributed by atoms with Gasteiger partial charge in [0.2, 0.25) is 5.91 Å². The van der Waals surface area contributed by atoms with E-state index in [4.69, 9.17) is 5.73 Å². The molecule has 1 atom stereocenters. The minimum absolute atomic E-state index is 0.0762. The Bertz CT molecular complexity index is 610. The van der Waals surface area contributed by atoms with E-state index in [1.165, 1.54) is 12.1 Å². The molecule has 1 amide bonds. The van der Waals surface area contributed by atoms with Gasteiger partial charge in [-0.05, 0) is 35.7 Å². The van der Waals surface area contributed by atoms with Gasteiger partial charge in [-0.25, -0.2) is 4.39 Å². The number of nitrogens with one attached hydrogen (secondary N) is 1. The zero-order valence-electron chi connectivity index (χ0n) is 12.0. The van der Waals surface area contributed by atoms with Gasteiger partial charge in [0.15, 0.2) is 0 Å². The van der Waals surface area contributed by atoms with E-state index in [9.17, 15) is 9.18 Å². The fourth-order valence-corrected chi connectivity index (χ4v) is 2.23. The van der Waals surface area contributed by atoms with Gasteiger partial charge in [-0.1, -0.05) is 36.4 Å². The Balaban J connectivity index is 1.99. The average molecular weight is 286 g/mol. The van der Waals surface area contributed by atoms with Crippen molar-refractivity contribution < 1.29 is 9.18 Å². The van der Waals surface area contributed by atoms with Crippen molar-refractivity contribution in [1.29, 1.82) is 0 Å². The Labute approximate surface area is 124 Å². The van der Waals surface area contributed by atoms with E-state index in [-0.39, 0.29) is 17.8 Å². The van der Waals surface area contributed by atoms with Crippen LogP contribution in [0.15, 0.2) is 48.5 Å². The lowest BCUT2D eigenvalue weighted by Crippen LogP contribution is -2.28. The van der Waals surface area contributed by atoms with Gasteiger partial charge in [-0.15, -0.1) is 0 Å². The van der Waals surface area contributed by atoms with Crippen LogP contribution in [-0.4, -0.2) is 5.91 Å². The van der Waals surface area contributed by atoms with Crippen LogP contribution in [0.4, 0.5) is 4.39 Å². The maximum absolute atomic E-state index is 12.9. The molecule has 0 bridgehead atoms. The summed E-state index contributed by atoms with van der Waals surface area (Å²) in [4.78, 5) is 12.1. The molecule has 0 heterocycles. The van der Waals surface area contributed by atoms with Gasteiger partial charge >= 0.3 is 0 Å². The Morgan fingerprint density at radius 2 is 1.76 bits per heavy atom. The molecule has 0 aliphatic carbocycles. The summed E-state index contributed by atoms with van der Waals surface area (Å²) in [5.74, 6) is -0.359. The molecule has 2 rings (SSSR count). The van der Waals surface area contributed by atoms with Crippen molar-refractivity contribution in [3.8, 4) is 0 Å². The molecule has 3 N–H and O–H groups in total. The predicted octanol–water partition coefficient (Wildman–Crippen LogP) is 2.70. The van der Waals surface area contributed by atoms with Crippen molar-refractivity contribution in [3.63, 3.8) is 0 Å². The Morgan fingerprint density at radius 3 is 2.38 bits per heavy atom. The molecule has 2 aromatic carbocycles. The maximum atomic E-state index is 12.9. The lowest BCUT2D eigenvalue weighted by atomic mass is 10.0. The van der Waals surface area contributed by atoms with Crippen LogP contribution in [0.1, 0.15) is 29.7 Å². The van der Waals surface area contributed by atoms with Crippen LogP contribution in [0.5, 0.6) is 0 Å². The van der Waals surface area contributed by atoms with E-state index in [1.807, 2.05) is 31.2 Å². The third-order valence-corrected chi connectivity index (χ3v) is 3.44. The number of benzene rings is 2. The third-order valence-electron chi connectivity index (χ3n) is 3.44. The Kier molecular flexibility index (Phi) is 5.06. The van der Waals surface area contributed by atoms with Crippen LogP contribution in [0.25, 0.3) is 0 Å². The van der Waals surface area contributed by atoms with Crippen molar-refractivity contribution in [1.82, 2.24) is 5.32 Å². The minimum Gasteiger partial charge on any atom is -0.349 e. The highest BCUT2D eigenvalue weighted by atomic mass is 19.1. The summed E-state index contributed by atoms with van der Waals surface area (Å²) in [6.07, 6.45) is 0.291. The fourth-order valence-electron chi connectivity index (χ4n) is 2.23. The third kappa shape index (κ3) is 4.13. The number of carbonyl (C=O) groups excluding carboxylic acids is 1. The van der Waals surface area contributed by atoms with Crippen LogP contribution in [0.3, 0.4) is 0 Å². The largest absolute Gasteiger partial charge is 0.349 e. The number of halogens is 1. The number of nitrogens with two attached hydrogens (primary N) is 1. The molecule has 0 aliphatic heterocycles. The lowest BCUT2D eigenvalue weighted by Gasteiger charge is -2.15. The smallest absolute Gasteiger partial charge is 0.224 e. The van der Waals surface area contributed by atoms with Crippen LogP contribution in [0.2, 0.25) is 0 Å². The van der Waals surface area contributed by atoms with E-state index >= 15 is 0 Å². The first-order valence-electron chi connectivity index (χ1n) is 6.92. The molecule has 0 spiro atoms. The van der Waals surface area contributed by atoms with E-state index in [2.05, 4.69) is 5.32 Å². The van der Waals surface area contributed by atoms with Gasteiger partial charge in [0.05, 0.1) is 12.5 Å². The summed E-state index contributed by atoms with van der Waals surface area (Å²) in [6.45, 7) is 2.29. The summed E-state index contributed by atoms with van der Waals surface area (Å²) >= 11 is 0. The van der Waals surface area contributed by atoms with E-state index < -0.39 is 0 Å². The SMILES string of the molecule is CC(NC(=O)Cc1ccccc1CN)c1ccc(F)cc1. The molecule has 0 aromatic heterocycles. The molecular formula is C17H19FN2O. The topological polar surface area (TPSA) is 55.1 Å². The van der Waals surface area contributed by atoms with Crippen LogP contribution >= 0.6 is 0 Å². The number of hydrogen-bond donors (Lipinski definition) is 2. The first-order valence-corrected chi connectivity index (χ1v) is 6.92. The number of rotatable bonds is 5. The molecular weight excluding hydrogens is 267 g/mol. The van der Waals surface area contributed by atoms with Gasteiger partial charge in [-0.3, -0.25) is 4.79 Å². The highest BCUT2D eigenvalue weighted by molar-refractivity contribution is 5.79. The summed E-state index contributed by atoms with van der Waals surface area (Å²) in [5.41, 5.74) is 8.45. The van der Waals surface area contributed by atoms with Gasteiger partial charge in [0, 0.05) is 6.54 Å². The monoisotopic (exact) mass is 286 g/mol. The molecule has 4 heteroatoms. The Hall–Kier alpha value is -2.20. The van der Waals surface area contributed by atoms with E-state index in [0.29, 0.717) is 13.0 Å². The summed E-state index contributed by atoms with van der Waals surface area (Å²) in [7, 11) is 0. The second-order valence-corrected chi connectivity index (χ2v) is 4.99. The quantitative estimate of drug-likeness (QED) is 0.888. The molecule has 0 radical (unpaired) electrons. The average Bonchev–Trinajstić information content (AvgIpc) is 2.48. The highest BCUT2D eigenvalue weighted by Crippen LogP contribution is 2.14. The zero-order valence-corrected chi connectivity index (χ0v) is 12.0. The number of carbonyl (C=O) groups is 1. The zero-order chi connectivity index (χ0) is 15.2. The van der Waals surface area contributed by atoms with E-state index in [0.717, 1.165) is 16.7 Å². The van der Waals surface area contributed by atoms with Gasteiger partial charge < -0.3 is 11.1 Å². The first kappa shape index (κ1) is 15.2. The normalized spacial score (nSPS) is 12.0. The second kappa shape index (κ2) is 6.99. The van der Waals surface area contributed by atoms with Crippen molar-refractivity contribution in [2.24, 2.45) is 5.73 Å². The molecule has 0 saturated heterocycles. The van der Waals surface area contributed by atoms with Crippen LogP contribution in [0, 0.1) is 5.82 Å². The fraction of sp³-hybridized carbons (Fsp3) is 0.235. The van der Waals surface area contributed by atoms with E-state index in [1.54, 1.807) is 12.1 Å². The highest BCUT2D eigenvalue weighted by Gasteiger charge is 2.11. The molecule has 0 aliphatic rings. The van der Waals surface area contributed by atoms with Crippen LogP contribution in [-0.2, 0) is 17.8 Å². The summed E-state index contributed by atoms with van der Waals surface area (Å²) < 4.78 is 12.9. The van der Waals surface area contributed by atoms with Crippen LogP contribution < -0.4 is 11.1 Å². The second-order valence-electron chi connectivity index (χ2n) is 4.99. The standard InChI is InChI=1S/C17H19FN2O/c1-12(13-6-8-16(18)9-7-13)20-17(21)10-14-4-2-3-5-15(14)11-19/h2-9,12H,10-11,19H2,1H3,(H,20,21). The molecule has 21 heavy (non-hydrogen) atoms. The minimum atomic E-state index is -0.283. The molecule has 0 fully saturated rings. The van der Waals surface area contributed by atoms with Crippen molar-refractivity contribution in [2.75, 3.05) is 0 Å². The Morgan fingerprint density at radius 1 is 1.14 bits per heavy atom. The van der Waals surface area contributed by atoms with Gasteiger partial charge in [0.1, 0.15) is 5.82 Å². The van der Waals surface area contributed by atoms with Crippen molar-refractivity contribution in [2.45, 2.75) is 25.9 Å². The van der Waals surface area contributed by atoms with Crippen molar-refractivity contribution >= 4 is 5.91 Å². The molecule has 110 valence electrons. The molecule has 3 nitrogen and oxygen atoms in total. The molecule has 2 aromatic rings. The number of amides is 1. The first-order chi connectivity index (χ1) is 10.1. The van der Waals surface area contributed by atoms with Gasteiger partial charge in [0.25, 0.3) is 0 Å². The summed E-state index contributed by atoms with van der Waals surface area (Å²) in [6, 6.07) is 13.6. The lowest BCUT2D eigenvalue weighted by molar-refractivity contribution is -0.121. The number of hydrogen-bond acceptors (Lipinski definition) is 2. The summed E-state index contributed by atoms with van der Waals surface area (Å²) in [5, 5.41) is 2.91.